The molecule has 0 aliphatic rings. The van der Waals surface area contributed by atoms with Gasteiger partial charge in [0.2, 0.25) is 6.54 Å². The molecule has 0 aliphatic carbocycles. The molecule has 0 fully saturated rings. The average Bonchev–Trinajstić information content (AvgIpc) is 2.49. The summed E-state index contributed by atoms with van der Waals surface area (Å²) in [5, 5.41) is 18.7. The van der Waals surface area contributed by atoms with Crippen LogP contribution in [0.15, 0.2) is 12.2 Å². The summed E-state index contributed by atoms with van der Waals surface area (Å²) in [4.78, 5) is 20.2. The summed E-state index contributed by atoms with van der Waals surface area (Å²) in [6, 6.07) is 0. The van der Waals surface area contributed by atoms with Crippen molar-refractivity contribution >= 4 is 5.97 Å². The van der Waals surface area contributed by atoms with Crippen molar-refractivity contribution in [3.8, 4) is 0 Å². The number of carbonyl (C=O) groups is 1. The summed E-state index contributed by atoms with van der Waals surface area (Å²) >= 11 is 0. The third kappa shape index (κ3) is 20.6. The van der Waals surface area contributed by atoms with Crippen LogP contribution >= 0.6 is 0 Å². The predicted molar refractivity (Wildman–Crippen MR) is 93.3 cm³/mol. The van der Waals surface area contributed by atoms with Crippen LogP contribution in [-0.2, 0) is 4.79 Å². The molecule has 0 aromatic rings. The highest BCUT2D eigenvalue weighted by atomic mass is 16.6. The minimum atomic E-state index is -0.687. The Bertz CT molecular complexity index is 329. The van der Waals surface area contributed by atoms with Crippen molar-refractivity contribution in [3.05, 3.63) is 22.3 Å². The number of carboxylic acids is 1. The third-order valence-corrected chi connectivity index (χ3v) is 3.89. The number of carboxylic acid groups (broad SMARTS) is 1. The Morgan fingerprint density at radius 2 is 1.22 bits per heavy atom. The topological polar surface area (TPSA) is 80.4 Å². The number of hydrogen-bond acceptors (Lipinski definition) is 3. The molecule has 0 radical (unpaired) electrons. The highest BCUT2D eigenvalue weighted by molar-refractivity contribution is 5.66. The Balaban J connectivity index is 3.11. The smallest absolute Gasteiger partial charge is 0.303 e. The zero-order valence-electron chi connectivity index (χ0n) is 14.4. The Hall–Kier alpha value is -1.39. The fraction of sp³-hybridized carbons (Fsp3) is 0.833. The number of aliphatic carboxylic acids is 1. The summed E-state index contributed by atoms with van der Waals surface area (Å²) in [5.41, 5.74) is 0. The second-order valence-electron chi connectivity index (χ2n) is 6.14. The Morgan fingerprint density at radius 3 is 1.70 bits per heavy atom. The van der Waals surface area contributed by atoms with Gasteiger partial charge >= 0.3 is 5.97 Å². The fourth-order valence-electron chi connectivity index (χ4n) is 2.51. The van der Waals surface area contributed by atoms with Gasteiger partial charge in [0, 0.05) is 17.8 Å². The molecule has 0 aromatic heterocycles. The highest BCUT2D eigenvalue weighted by Gasteiger charge is 1.97. The number of hydrogen-bond donors (Lipinski definition) is 1. The quantitative estimate of drug-likeness (QED) is 0.169. The van der Waals surface area contributed by atoms with Gasteiger partial charge in [0.05, 0.1) is 0 Å². The van der Waals surface area contributed by atoms with Gasteiger partial charge in [-0.05, 0) is 38.5 Å². The average molecular weight is 327 g/mol. The monoisotopic (exact) mass is 327 g/mol. The number of unbranched alkanes of at least 4 members (excludes halogenated alkanes) is 11. The lowest BCUT2D eigenvalue weighted by molar-refractivity contribution is -0.480. The van der Waals surface area contributed by atoms with Gasteiger partial charge in [-0.1, -0.05) is 50.7 Å². The lowest BCUT2D eigenvalue weighted by Crippen LogP contribution is -1.99. The molecule has 0 bridgehead atoms. The van der Waals surface area contributed by atoms with E-state index in [2.05, 4.69) is 12.2 Å². The van der Waals surface area contributed by atoms with Gasteiger partial charge in [0.15, 0.2) is 0 Å². The number of nitrogens with zero attached hydrogens (tertiary/aromatic N) is 1. The second-order valence-corrected chi connectivity index (χ2v) is 6.14. The van der Waals surface area contributed by atoms with Crippen molar-refractivity contribution in [1.82, 2.24) is 0 Å². The van der Waals surface area contributed by atoms with Gasteiger partial charge in [0.25, 0.3) is 0 Å². The van der Waals surface area contributed by atoms with Gasteiger partial charge in [0.1, 0.15) is 0 Å². The predicted octanol–water partition coefficient (Wildman–Crippen LogP) is 5.37. The molecule has 1 N–H and O–H groups in total. The van der Waals surface area contributed by atoms with E-state index in [0.29, 0.717) is 12.8 Å². The van der Waals surface area contributed by atoms with Crippen LogP contribution in [0.2, 0.25) is 0 Å². The van der Waals surface area contributed by atoms with Crippen LogP contribution < -0.4 is 0 Å². The largest absolute Gasteiger partial charge is 0.481 e. The molecule has 5 heteroatoms. The SMILES string of the molecule is O=C(O)CCCCCCCCCC=CCCCCCC[N+](=O)[O-]. The summed E-state index contributed by atoms with van der Waals surface area (Å²) < 4.78 is 0. The molecule has 0 spiro atoms. The first kappa shape index (κ1) is 21.6. The van der Waals surface area contributed by atoms with E-state index in [9.17, 15) is 14.9 Å². The molecule has 0 aliphatic heterocycles. The molecular weight excluding hydrogens is 294 g/mol. The number of allylic oxidation sites excluding steroid dienone is 2. The second kappa shape index (κ2) is 17.0. The molecule has 0 amide bonds. The standard InChI is InChI=1S/C18H33NO4/c20-18(21)16-14-12-10-8-6-4-2-1-3-5-7-9-11-13-15-17-19(22)23/h3,5H,1-2,4,6-17H2,(H,20,21). The molecule has 0 unspecified atom stereocenters. The summed E-state index contributed by atoms with van der Waals surface area (Å²) in [7, 11) is 0. The van der Waals surface area contributed by atoms with Crippen LogP contribution in [0.3, 0.4) is 0 Å². The molecule has 0 saturated carbocycles. The molecular formula is C18H33NO4. The maximum absolute atomic E-state index is 10.3. The first-order valence-corrected chi connectivity index (χ1v) is 9.11. The van der Waals surface area contributed by atoms with Crippen molar-refractivity contribution in [2.75, 3.05) is 6.54 Å². The van der Waals surface area contributed by atoms with Crippen LogP contribution in [-0.4, -0.2) is 22.5 Å². The molecule has 0 saturated heterocycles. The van der Waals surface area contributed by atoms with E-state index in [1.807, 2.05) is 0 Å². The summed E-state index contributed by atoms with van der Waals surface area (Å²) in [6.45, 7) is 0.107. The van der Waals surface area contributed by atoms with Gasteiger partial charge in [-0.25, -0.2) is 0 Å². The summed E-state index contributed by atoms with van der Waals surface area (Å²) in [6.07, 6.45) is 18.8. The first-order chi connectivity index (χ1) is 11.1. The third-order valence-electron chi connectivity index (χ3n) is 3.89. The molecule has 0 aromatic carbocycles. The minimum absolute atomic E-state index is 0.107. The van der Waals surface area contributed by atoms with E-state index in [-0.39, 0.29) is 11.5 Å². The van der Waals surface area contributed by atoms with E-state index >= 15 is 0 Å². The van der Waals surface area contributed by atoms with Gasteiger partial charge in [-0.3, -0.25) is 14.9 Å². The fourth-order valence-corrected chi connectivity index (χ4v) is 2.51. The molecule has 0 rings (SSSR count). The van der Waals surface area contributed by atoms with Crippen LogP contribution in [0.4, 0.5) is 0 Å². The van der Waals surface area contributed by atoms with Crippen LogP contribution in [0.1, 0.15) is 89.9 Å². The Kier molecular flexibility index (Phi) is 15.9. The normalized spacial score (nSPS) is 11.1. The lowest BCUT2D eigenvalue weighted by atomic mass is 10.1. The van der Waals surface area contributed by atoms with Crippen LogP contribution in [0, 0.1) is 10.1 Å². The van der Waals surface area contributed by atoms with Crippen molar-refractivity contribution in [2.24, 2.45) is 0 Å². The Morgan fingerprint density at radius 1 is 0.783 bits per heavy atom. The summed E-state index contributed by atoms with van der Waals surface area (Å²) in [5.74, 6) is -0.687. The van der Waals surface area contributed by atoms with Gasteiger partial charge < -0.3 is 5.11 Å². The van der Waals surface area contributed by atoms with Crippen LogP contribution in [0.5, 0.6) is 0 Å². The zero-order valence-corrected chi connectivity index (χ0v) is 14.4. The van der Waals surface area contributed by atoms with E-state index in [0.717, 1.165) is 51.4 Å². The molecule has 0 heterocycles. The lowest BCUT2D eigenvalue weighted by Gasteiger charge is -2.00. The molecule has 5 nitrogen and oxygen atoms in total. The van der Waals surface area contributed by atoms with Crippen LogP contribution in [0.25, 0.3) is 0 Å². The van der Waals surface area contributed by atoms with Gasteiger partial charge in [-0.15, -0.1) is 0 Å². The van der Waals surface area contributed by atoms with Crippen molar-refractivity contribution < 1.29 is 14.8 Å². The molecule has 134 valence electrons. The first-order valence-electron chi connectivity index (χ1n) is 9.11. The van der Waals surface area contributed by atoms with Gasteiger partial charge in [-0.2, -0.15) is 0 Å². The van der Waals surface area contributed by atoms with Crippen molar-refractivity contribution in [2.45, 2.75) is 89.9 Å². The number of nitro groups is 1. The number of rotatable bonds is 17. The molecule has 0 atom stereocenters. The van der Waals surface area contributed by atoms with E-state index in [1.54, 1.807) is 0 Å². The minimum Gasteiger partial charge on any atom is -0.481 e. The highest BCUT2D eigenvalue weighted by Crippen LogP contribution is 2.10. The maximum Gasteiger partial charge on any atom is 0.303 e. The maximum atomic E-state index is 10.3. The van der Waals surface area contributed by atoms with Crippen molar-refractivity contribution in [3.63, 3.8) is 0 Å². The van der Waals surface area contributed by atoms with Crippen molar-refractivity contribution in [1.29, 1.82) is 0 Å². The van der Waals surface area contributed by atoms with E-state index in [1.165, 1.54) is 25.7 Å². The van der Waals surface area contributed by atoms with E-state index in [4.69, 9.17) is 5.11 Å². The molecule has 23 heavy (non-hydrogen) atoms. The van der Waals surface area contributed by atoms with E-state index < -0.39 is 5.97 Å². The Labute approximate surface area is 140 Å². The zero-order chi connectivity index (χ0) is 17.2.